The predicted octanol–water partition coefficient (Wildman–Crippen LogP) is 3.74. The molecule has 0 fully saturated rings. The minimum absolute atomic E-state index is 0.124. The molecular weight excluding hydrogens is 334 g/mol. The van der Waals surface area contributed by atoms with Crippen molar-refractivity contribution in [2.24, 2.45) is 0 Å². The van der Waals surface area contributed by atoms with Crippen LogP contribution in [0.1, 0.15) is 27.7 Å². The van der Waals surface area contributed by atoms with Gasteiger partial charge in [-0.2, -0.15) is 11.3 Å². The van der Waals surface area contributed by atoms with Gasteiger partial charge in [-0.05, 0) is 43.4 Å². The predicted molar refractivity (Wildman–Crippen MR) is 99.8 cm³/mol. The highest BCUT2D eigenvalue weighted by Crippen LogP contribution is 2.22. The number of hydrogen-bond acceptors (Lipinski definition) is 5. The molecule has 3 aromatic rings. The zero-order chi connectivity index (χ0) is 17.8. The van der Waals surface area contributed by atoms with Crippen LogP contribution in [-0.4, -0.2) is 36.6 Å². The van der Waals surface area contributed by atoms with Crippen LogP contribution in [0.25, 0.3) is 11.3 Å². The molecule has 0 aliphatic carbocycles. The maximum Gasteiger partial charge on any atom is 0.273 e. The first kappa shape index (κ1) is 17.4. The van der Waals surface area contributed by atoms with Crippen molar-refractivity contribution in [1.82, 2.24) is 15.4 Å². The average Bonchev–Trinajstić information content (AvgIpc) is 3.27. The highest BCUT2D eigenvalue weighted by Gasteiger charge is 2.18. The topological polar surface area (TPSA) is 58.4 Å². The standard InChI is InChI=1S/C19H21N3O2S/c1-13-4-6-14(7-5-13)18-10-16(21-24-18)19(23)20-11-17(22(2)3)15-8-9-25-12-15/h4-10,12,17H,11H2,1-3H3,(H,20,23)/t17-/m0/s1. The second kappa shape index (κ2) is 7.63. The summed E-state index contributed by atoms with van der Waals surface area (Å²) in [6, 6.07) is 11.8. The summed E-state index contributed by atoms with van der Waals surface area (Å²) in [5, 5.41) is 11.0. The van der Waals surface area contributed by atoms with Gasteiger partial charge in [0.1, 0.15) is 0 Å². The minimum Gasteiger partial charge on any atom is -0.355 e. The molecule has 1 amide bonds. The van der Waals surface area contributed by atoms with Gasteiger partial charge >= 0.3 is 0 Å². The lowest BCUT2D eigenvalue weighted by Crippen LogP contribution is -2.34. The van der Waals surface area contributed by atoms with E-state index in [4.69, 9.17) is 4.52 Å². The zero-order valence-corrected chi connectivity index (χ0v) is 15.3. The van der Waals surface area contributed by atoms with Gasteiger partial charge in [-0.1, -0.05) is 35.0 Å². The van der Waals surface area contributed by atoms with Gasteiger partial charge in [-0.25, -0.2) is 0 Å². The third-order valence-electron chi connectivity index (χ3n) is 4.09. The zero-order valence-electron chi connectivity index (χ0n) is 14.5. The van der Waals surface area contributed by atoms with Gasteiger partial charge in [0.05, 0.1) is 6.04 Å². The van der Waals surface area contributed by atoms with Crippen LogP contribution in [0.3, 0.4) is 0 Å². The molecule has 0 aliphatic heterocycles. The molecule has 0 spiro atoms. The summed E-state index contributed by atoms with van der Waals surface area (Å²) in [4.78, 5) is 14.5. The van der Waals surface area contributed by atoms with Crippen LogP contribution in [0, 0.1) is 6.92 Å². The fourth-order valence-electron chi connectivity index (χ4n) is 2.58. The van der Waals surface area contributed by atoms with Gasteiger partial charge in [0.15, 0.2) is 11.5 Å². The quantitative estimate of drug-likeness (QED) is 0.732. The van der Waals surface area contributed by atoms with Gasteiger partial charge < -0.3 is 14.7 Å². The first-order valence-corrected chi connectivity index (χ1v) is 8.99. The summed E-state index contributed by atoms with van der Waals surface area (Å²) in [6.45, 7) is 2.53. The number of hydrogen-bond donors (Lipinski definition) is 1. The van der Waals surface area contributed by atoms with Gasteiger partial charge in [-0.15, -0.1) is 0 Å². The van der Waals surface area contributed by atoms with E-state index in [1.54, 1.807) is 17.4 Å². The van der Waals surface area contributed by atoms with E-state index in [0.29, 0.717) is 18.0 Å². The third-order valence-corrected chi connectivity index (χ3v) is 4.79. The van der Waals surface area contributed by atoms with Crippen molar-refractivity contribution >= 4 is 17.2 Å². The first-order chi connectivity index (χ1) is 12.0. The van der Waals surface area contributed by atoms with Crippen molar-refractivity contribution in [3.63, 3.8) is 0 Å². The van der Waals surface area contributed by atoms with E-state index in [0.717, 1.165) is 5.56 Å². The Balaban J connectivity index is 1.66. The van der Waals surface area contributed by atoms with Crippen LogP contribution < -0.4 is 5.32 Å². The molecule has 25 heavy (non-hydrogen) atoms. The lowest BCUT2D eigenvalue weighted by molar-refractivity contribution is 0.0933. The number of benzene rings is 1. The largest absolute Gasteiger partial charge is 0.355 e. The highest BCUT2D eigenvalue weighted by molar-refractivity contribution is 7.07. The van der Waals surface area contributed by atoms with E-state index in [9.17, 15) is 4.79 Å². The molecule has 0 saturated heterocycles. The molecule has 0 unspecified atom stereocenters. The Hall–Kier alpha value is -2.44. The number of aryl methyl sites for hydroxylation is 1. The average molecular weight is 355 g/mol. The molecule has 1 N–H and O–H groups in total. The molecule has 5 nitrogen and oxygen atoms in total. The van der Waals surface area contributed by atoms with Gasteiger partial charge in [0, 0.05) is 18.2 Å². The van der Waals surface area contributed by atoms with Gasteiger partial charge in [0.2, 0.25) is 0 Å². The minimum atomic E-state index is -0.232. The molecule has 1 atom stereocenters. The number of likely N-dealkylation sites (N-methyl/N-ethyl adjacent to an activating group) is 1. The molecule has 2 aromatic heterocycles. The summed E-state index contributed by atoms with van der Waals surface area (Å²) >= 11 is 1.65. The molecular formula is C19H21N3O2S. The van der Waals surface area contributed by atoms with Crippen LogP contribution in [0.2, 0.25) is 0 Å². The Morgan fingerprint density at radius 3 is 2.68 bits per heavy atom. The van der Waals surface area contributed by atoms with Crippen molar-refractivity contribution in [2.75, 3.05) is 20.6 Å². The van der Waals surface area contributed by atoms with Crippen LogP contribution in [-0.2, 0) is 0 Å². The van der Waals surface area contributed by atoms with Crippen molar-refractivity contribution < 1.29 is 9.32 Å². The number of aromatic nitrogens is 1. The van der Waals surface area contributed by atoms with Crippen molar-refractivity contribution in [3.8, 4) is 11.3 Å². The van der Waals surface area contributed by atoms with Gasteiger partial charge in [0.25, 0.3) is 5.91 Å². The molecule has 0 radical (unpaired) electrons. The maximum atomic E-state index is 12.4. The number of rotatable bonds is 6. The Kier molecular flexibility index (Phi) is 5.31. The van der Waals surface area contributed by atoms with Crippen molar-refractivity contribution in [1.29, 1.82) is 0 Å². The normalized spacial score (nSPS) is 12.3. The third kappa shape index (κ3) is 4.15. The van der Waals surface area contributed by atoms with Crippen LogP contribution in [0.5, 0.6) is 0 Å². The fraction of sp³-hybridized carbons (Fsp3) is 0.263. The summed E-state index contributed by atoms with van der Waals surface area (Å²) < 4.78 is 5.32. The van der Waals surface area contributed by atoms with E-state index in [1.807, 2.05) is 50.7 Å². The van der Waals surface area contributed by atoms with E-state index >= 15 is 0 Å². The smallest absolute Gasteiger partial charge is 0.273 e. The van der Waals surface area contributed by atoms with E-state index < -0.39 is 0 Å². The van der Waals surface area contributed by atoms with E-state index in [1.165, 1.54) is 11.1 Å². The summed E-state index contributed by atoms with van der Waals surface area (Å²) in [5.41, 5.74) is 3.56. The maximum absolute atomic E-state index is 12.4. The Bertz CT molecular complexity index is 823. The number of thiophene rings is 1. The van der Waals surface area contributed by atoms with Crippen LogP contribution in [0.4, 0.5) is 0 Å². The molecule has 1 aromatic carbocycles. The number of nitrogens with one attached hydrogen (secondary N) is 1. The Morgan fingerprint density at radius 1 is 1.28 bits per heavy atom. The molecule has 2 heterocycles. The molecule has 6 heteroatoms. The summed E-state index contributed by atoms with van der Waals surface area (Å²) in [6.07, 6.45) is 0. The number of carbonyl (C=O) groups excluding carboxylic acids is 1. The Labute approximate surface area is 151 Å². The first-order valence-electron chi connectivity index (χ1n) is 8.05. The van der Waals surface area contributed by atoms with Crippen LogP contribution >= 0.6 is 11.3 Å². The molecule has 0 bridgehead atoms. The number of carbonyl (C=O) groups is 1. The summed E-state index contributed by atoms with van der Waals surface area (Å²) in [5.74, 6) is 0.358. The van der Waals surface area contributed by atoms with Crippen molar-refractivity contribution in [2.45, 2.75) is 13.0 Å². The second-order valence-corrected chi connectivity index (χ2v) is 6.97. The number of amides is 1. The van der Waals surface area contributed by atoms with Crippen LogP contribution in [0.15, 0.2) is 51.7 Å². The second-order valence-electron chi connectivity index (χ2n) is 6.19. The van der Waals surface area contributed by atoms with Crippen molar-refractivity contribution in [3.05, 3.63) is 64.0 Å². The monoisotopic (exact) mass is 355 g/mol. The Morgan fingerprint density at radius 2 is 2.04 bits per heavy atom. The number of nitrogens with zero attached hydrogens (tertiary/aromatic N) is 2. The molecule has 3 rings (SSSR count). The van der Waals surface area contributed by atoms with E-state index in [-0.39, 0.29) is 11.9 Å². The fourth-order valence-corrected chi connectivity index (χ4v) is 3.29. The lowest BCUT2D eigenvalue weighted by atomic mass is 10.1. The van der Waals surface area contributed by atoms with E-state index in [2.05, 4.69) is 26.8 Å². The molecule has 130 valence electrons. The SMILES string of the molecule is Cc1ccc(-c2cc(C(=O)NC[C@@H](c3ccsc3)N(C)C)no2)cc1. The summed E-state index contributed by atoms with van der Waals surface area (Å²) in [7, 11) is 4.00. The highest BCUT2D eigenvalue weighted by atomic mass is 32.1. The molecule has 0 aliphatic rings. The van der Waals surface area contributed by atoms with Gasteiger partial charge in [-0.3, -0.25) is 4.79 Å². The molecule has 0 saturated carbocycles. The lowest BCUT2D eigenvalue weighted by Gasteiger charge is -2.23.